The minimum absolute atomic E-state index is 0.0690. The summed E-state index contributed by atoms with van der Waals surface area (Å²) >= 11 is 0. The molecule has 11 heteroatoms. The van der Waals surface area contributed by atoms with Gasteiger partial charge >= 0.3 is 18.0 Å². The Balaban J connectivity index is 1.96. The van der Waals surface area contributed by atoms with Gasteiger partial charge in [-0.2, -0.15) is 13.2 Å². The van der Waals surface area contributed by atoms with Crippen LogP contribution in [0.15, 0.2) is 40.8 Å². The second kappa shape index (κ2) is 7.25. The van der Waals surface area contributed by atoms with Crippen molar-refractivity contribution >= 4 is 23.4 Å². The number of carbonyl (C=O) groups is 2. The van der Waals surface area contributed by atoms with Crippen LogP contribution in [-0.4, -0.2) is 22.9 Å². The first-order valence-electron chi connectivity index (χ1n) is 7.01. The molecule has 0 radical (unpaired) electrons. The van der Waals surface area contributed by atoms with E-state index in [-0.39, 0.29) is 5.69 Å². The summed E-state index contributed by atoms with van der Waals surface area (Å²) in [5, 5.41) is 12.8. The normalized spacial score (nSPS) is 12.3. The Morgan fingerprint density at radius 3 is 2.31 bits per heavy atom. The van der Waals surface area contributed by atoms with Crippen molar-refractivity contribution in [3.8, 4) is 0 Å². The zero-order valence-electron chi connectivity index (χ0n) is 13.1. The molecule has 8 nitrogen and oxygen atoms in total. The molecule has 2 aromatic rings. The third-order valence-corrected chi connectivity index (χ3v) is 3.11. The quantitative estimate of drug-likeness (QED) is 0.489. The molecule has 0 aliphatic carbocycles. The lowest BCUT2D eigenvalue weighted by Gasteiger charge is -2.13. The molecule has 1 atom stereocenters. The van der Waals surface area contributed by atoms with E-state index in [0.717, 1.165) is 36.4 Å². The van der Waals surface area contributed by atoms with Crippen LogP contribution in [0.1, 0.15) is 23.0 Å². The highest BCUT2D eigenvalue weighted by Gasteiger charge is 2.30. The average molecular weight is 372 g/mol. The molecule has 2 rings (SSSR count). The van der Waals surface area contributed by atoms with Crippen LogP contribution in [0.3, 0.4) is 0 Å². The Labute approximate surface area is 143 Å². The van der Waals surface area contributed by atoms with Crippen LogP contribution in [0.25, 0.3) is 0 Å². The number of hydrogen-bond acceptors (Lipinski definition) is 6. The van der Waals surface area contributed by atoms with Crippen molar-refractivity contribution in [2.24, 2.45) is 0 Å². The van der Waals surface area contributed by atoms with Crippen LogP contribution in [0.2, 0.25) is 0 Å². The van der Waals surface area contributed by atoms with E-state index in [4.69, 9.17) is 4.74 Å². The summed E-state index contributed by atoms with van der Waals surface area (Å²) in [4.78, 5) is 33.3. The molecule has 1 heterocycles. The van der Waals surface area contributed by atoms with Gasteiger partial charge in [0.25, 0.3) is 5.91 Å². The molecule has 1 N–H and O–H groups in total. The first-order chi connectivity index (χ1) is 12.1. The average Bonchev–Trinajstić information content (AvgIpc) is 3.04. The summed E-state index contributed by atoms with van der Waals surface area (Å²) in [6.07, 6.45) is -5.83. The SMILES string of the molecule is C[C@@H](OC(=O)c1ccc([N+](=O)[O-])o1)C(=O)Nc1ccc(C(F)(F)F)cc1. The van der Waals surface area contributed by atoms with E-state index in [0.29, 0.717) is 0 Å². The molecule has 1 aromatic carbocycles. The number of benzene rings is 1. The van der Waals surface area contributed by atoms with Crippen LogP contribution < -0.4 is 5.32 Å². The van der Waals surface area contributed by atoms with Gasteiger partial charge in [-0.05, 0) is 37.3 Å². The number of ether oxygens (including phenoxy) is 1. The van der Waals surface area contributed by atoms with Crippen LogP contribution in [0.4, 0.5) is 24.7 Å². The lowest BCUT2D eigenvalue weighted by molar-refractivity contribution is -0.402. The Morgan fingerprint density at radius 2 is 1.81 bits per heavy atom. The molecule has 0 saturated carbocycles. The molecule has 1 aromatic heterocycles. The van der Waals surface area contributed by atoms with Gasteiger partial charge in [-0.1, -0.05) is 0 Å². The van der Waals surface area contributed by atoms with E-state index < -0.39 is 46.3 Å². The van der Waals surface area contributed by atoms with E-state index in [1.165, 1.54) is 6.92 Å². The fourth-order valence-electron chi connectivity index (χ4n) is 1.79. The number of alkyl halides is 3. The van der Waals surface area contributed by atoms with Crippen molar-refractivity contribution in [2.45, 2.75) is 19.2 Å². The van der Waals surface area contributed by atoms with E-state index >= 15 is 0 Å². The van der Waals surface area contributed by atoms with Gasteiger partial charge in [-0.25, -0.2) is 4.79 Å². The summed E-state index contributed by atoms with van der Waals surface area (Å²) in [7, 11) is 0. The highest BCUT2D eigenvalue weighted by Crippen LogP contribution is 2.29. The molecule has 138 valence electrons. The zero-order chi connectivity index (χ0) is 19.5. The monoisotopic (exact) mass is 372 g/mol. The van der Waals surface area contributed by atoms with Crippen LogP contribution in [-0.2, 0) is 15.7 Å². The highest BCUT2D eigenvalue weighted by molar-refractivity contribution is 5.96. The van der Waals surface area contributed by atoms with Crippen molar-refractivity contribution in [1.82, 2.24) is 0 Å². The Hall–Kier alpha value is -3.37. The predicted octanol–water partition coefficient (Wildman–Crippen LogP) is 3.39. The number of carbonyl (C=O) groups excluding carboxylic acids is 2. The molecule has 0 fully saturated rings. The molecular weight excluding hydrogens is 361 g/mol. The number of nitro groups is 1. The lowest BCUT2D eigenvalue weighted by Crippen LogP contribution is -2.29. The zero-order valence-corrected chi connectivity index (χ0v) is 13.1. The third-order valence-electron chi connectivity index (χ3n) is 3.11. The number of anilines is 1. The number of furan rings is 1. The first kappa shape index (κ1) is 19.0. The largest absolute Gasteiger partial charge is 0.447 e. The standard InChI is InChI=1S/C15H11F3N2O6/c1-8(25-14(22)11-6-7-12(26-11)20(23)24)13(21)19-10-4-2-9(3-5-10)15(16,17)18/h2-8H,1H3,(H,19,21)/t8-/m1/s1. The molecule has 0 saturated heterocycles. The molecular formula is C15H11F3N2O6. The van der Waals surface area contributed by atoms with Gasteiger partial charge in [-0.15, -0.1) is 0 Å². The molecule has 0 aliphatic heterocycles. The minimum Gasteiger partial charge on any atom is -0.447 e. The van der Waals surface area contributed by atoms with Crippen molar-refractivity contribution in [2.75, 3.05) is 5.32 Å². The van der Waals surface area contributed by atoms with Crippen molar-refractivity contribution < 1.29 is 36.8 Å². The third kappa shape index (κ3) is 4.59. The Kier molecular flexibility index (Phi) is 5.29. The smallest absolute Gasteiger partial charge is 0.433 e. The molecule has 26 heavy (non-hydrogen) atoms. The van der Waals surface area contributed by atoms with Crippen molar-refractivity contribution in [3.63, 3.8) is 0 Å². The minimum atomic E-state index is -4.50. The van der Waals surface area contributed by atoms with Gasteiger partial charge in [-0.3, -0.25) is 14.9 Å². The second-order valence-electron chi connectivity index (χ2n) is 5.01. The van der Waals surface area contributed by atoms with E-state index in [1.807, 2.05) is 0 Å². The van der Waals surface area contributed by atoms with Crippen LogP contribution in [0.5, 0.6) is 0 Å². The first-order valence-corrected chi connectivity index (χ1v) is 7.01. The maximum absolute atomic E-state index is 12.5. The van der Waals surface area contributed by atoms with Gasteiger partial charge in [0.2, 0.25) is 5.76 Å². The van der Waals surface area contributed by atoms with Crippen molar-refractivity contribution in [3.05, 3.63) is 57.8 Å². The number of nitrogens with one attached hydrogen (secondary N) is 1. The number of halogens is 3. The highest BCUT2D eigenvalue weighted by atomic mass is 19.4. The summed E-state index contributed by atoms with van der Waals surface area (Å²) in [6.45, 7) is 1.22. The Morgan fingerprint density at radius 1 is 1.19 bits per heavy atom. The summed E-state index contributed by atoms with van der Waals surface area (Å²) in [5.41, 5.74) is -0.811. The lowest BCUT2D eigenvalue weighted by atomic mass is 10.2. The number of rotatable bonds is 5. The maximum atomic E-state index is 12.5. The number of esters is 1. The molecule has 1 amide bonds. The predicted molar refractivity (Wildman–Crippen MR) is 80.3 cm³/mol. The van der Waals surface area contributed by atoms with E-state index in [1.54, 1.807) is 0 Å². The summed E-state index contributed by atoms with van der Waals surface area (Å²) in [5.74, 6) is -3.04. The topological polar surface area (TPSA) is 112 Å². The fourth-order valence-corrected chi connectivity index (χ4v) is 1.79. The Bertz CT molecular complexity index is 829. The number of amides is 1. The maximum Gasteiger partial charge on any atom is 0.433 e. The van der Waals surface area contributed by atoms with Crippen molar-refractivity contribution in [1.29, 1.82) is 0 Å². The van der Waals surface area contributed by atoms with E-state index in [2.05, 4.69) is 9.73 Å². The van der Waals surface area contributed by atoms with Gasteiger partial charge in [0.15, 0.2) is 6.10 Å². The fraction of sp³-hybridized carbons (Fsp3) is 0.200. The van der Waals surface area contributed by atoms with Gasteiger partial charge < -0.3 is 14.5 Å². The van der Waals surface area contributed by atoms with Crippen LogP contribution in [0, 0.1) is 10.1 Å². The van der Waals surface area contributed by atoms with Gasteiger partial charge in [0, 0.05) is 5.69 Å². The molecule has 0 aliphatic rings. The summed E-state index contributed by atoms with van der Waals surface area (Å²) in [6, 6.07) is 5.63. The summed E-state index contributed by atoms with van der Waals surface area (Å²) < 4.78 is 46.8. The molecule has 0 spiro atoms. The van der Waals surface area contributed by atoms with Gasteiger partial charge in [0.1, 0.15) is 4.92 Å². The number of hydrogen-bond donors (Lipinski definition) is 1. The van der Waals surface area contributed by atoms with E-state index in [9.17, 15) is 32.9 Å². The van der Waals surface area contributed by atoms with Gasteiger partial charge in [0.05, 0.1) is 11.6 Å². The molecule has 0 bridgehead atoms. The van der Waals surface area contributed by atoms with Crippen LogP contribution >= 0.6 is 0 Å². The second-order valence-corrected chi connectivity index (χ2v) is 5.01. The molecule has 0 unspecified atom stereocenters. The number of nitrogens with zero attached hydrogens (tertiary/aromatic N) is 1.